The fourth-order valence-corrected chi connectivity index (χ4v) is 16.4. The van der Waals surface area contributed by atoms with Crippen molar-refractivity contribution >= 4 is 101 Å². The standard InChI is InChI=1S/C97H77BN4O/c1-95(2,3)69-44-40-62(41-45-69)68-55-88-93-89(56-68)102(94-73(63-25-13-10-14-26-63)34-23-35-74(94)64-27-15-11-16-28-64)85-51-43-67(54-81(85)98(93)80-49-46-71(97(7,8)9)59-87(80)101(88)83-52-47-70(96(4,5)6)58-78(83)65-29-17-12-18-30-65)92-72(66-42-48-77-76-32-20-22-38-90(76)103-91(77)57-66)33-24-37-86(92)100-82-36-21-19-31-75(82)79-53-61(60-99)39-50-84(79)100/h10-59H,1-9H3. The number of furan rings is 1. The molecule has 0 amide bonds. The van der Waals surface area contributed by atoms with Crippen molar-refractivity contribution in [3.8, 4) is 78.5 Å². The van der Waals surface area contributed by atoms with Crippen LogP contribution in [-0.4, -0.2) is 11.3 Å². The number of hydrogen-bond donors (Lipinski definition) is 0. The molecule has 0 aliphatic carbocycles. The molecule has 0 spiro atoms. The van der Waals surface area contributed by atoms with Gasteiger partial charge in [0, 0.05) is 66.5 Å². The lowest BCUT2D eigenvalue weighted by atomic mass is 9.33. The molecule has 6 heteroatoms. The van der Waals surface area contributed by atoms with Crippen LogP contribution in [0.5, 0.6) is 0 Å². The van der Waals surface area contributed by atoms with Crippen LogP contribution in [0.15, 0.2) is 308 Å². The number of rotatable bonds is 9. The summed E-state index contributed by atoms with van der Waals surface area (Å²) in [6.45, 7) is 20.6. The molecular weight excluding hydrogens is 1250 g/mol. The van der Waals surface area contributed by atoms with Gasteiger partial charge >= 0.3 is 0 Å². The minimum atomic E-state index is -0.285. The van der Waals surface area contributed by atoms with Gasteiger partial charge in [0.05, 0.1) is 39.7 Å². The maximum atomic E-state index is 10.4. The van der Waals surface area contributed by atoms with E-state index in [4.69, 9.17) is 4.42 Å². The van der Waals surface area contributed by atoms with Crippen LogP contribution in [0.1, 0.15) is 84.6 Å². The molecule has 18 rings (SSSR count). The zero-order valence-electron chi connectivity index (χ0n) is 59.6. The van der Waals surface area contributed by atoms with E-state index in [9.17, 15) is 5.26 Å². The fourth-order valence-electron chi connectivity index (χ4n) is 16.4. The molecule has 494 valence electrons. The number of anilines is 6. The SMILES string of the molecule is CC(C)(C)c1ccc(-c2cc3c4c(c2)N(c2c(-c5ccccc5)cccc2-c2ccccc2)c2ccc(-c5c(-c6ccc7c(c6)oc6ccccc67)cccc5-n5c6ccccc6c6cc(C#N)ccc65)cc2B4c2ccc(C(C)(C)C)cc2N3c2ccc(C(C)(C)C)cc2-c2ccccc2)cc1. The molecule has 2 aliphatic rings. The molecule has 0 saturated heterocycles. The number of aromatic nitrogens is 1. The van der Waals surface area contributed by atoms with Gasteiger partial charge in [-0.2, -0.15) is 5.26 Å². The molecule has 103 heavy (non-hydrogen) atoms. The van der Waals surface area contributed by atoms with Crippen molar-refractivity contribution in [1.29, 1.82) is 5.26 Å². The number of fused-ring (bicyclic) bond motifs is 10. The Morgan fingerprint density at radius 2 is 0.854 bits per heavy atom. The molecular formula is C97H77BN4O. The summed E-state index contributed by atoms with van der Waals surface area (Å²) in [6, 6.07) is 115. The van der Waals surface area contributed by atoms with Crippen molar-refractivity contribution in [2.45, 2.75) is 78.6 Å². The van der Waals surface area contributed by atoms with Gasteiger partial charge in [0.2, 0.25) is 0 Å². The first-order chi connectivity index (χ1) is 49.9. The Bertz CT molecular complexity index is 6070. The van der Waals surface area contributed by atoms with Crippen LogP contribution >= 0.6 is 0 Å². The summed E-state index contributed by atoms with van der Waals surface area (Å²) in [4.78, 5) is 5.30. The zero-order valence-corrected chi connectivity index (χ0v) is 59.6. The van der Waals surface area contributed by atoms with Gasteiger partial charge in [0.15, 0.2) is 0 Å². The highest BCUT2D eigenvalue weighted by Gasteiger charge is 2.46. The summed E-state index contributed by atoms with van der Waals surface area (Å²) in [6.07, 6.45) is 0. The molecule has 0 unspecified atom stereocenters. The molecule has 0 radical (unpaired) electrons. The number of para-hydroxylation sites is 3. The Balaban J connectivity index is 1.00. The van der Waals surface area contributed by atoms with Gasteiger partial charge in [-0.15, -0.1) is 0 Å². The second kappa shape index (κ2) is 24.0. The lowest BCUT2D eigenvalue weighted by Gasteiger charge is -2.46. The van der Waals surface area contributed by atoms with Crippen molar-refractivity contribution in [2.24, 2.45) is 0 Å². The largest absolute Gasteiger partial charge is 0.456 e. The third kappa shape index (κ3) is 10.5. The molecule has 2 aromatic heterocycles. The Morgan fingerprint density at radius 3 is 1.53 bits per heavy atom. The summed E-state index contributed by atoms with van der Waals surface area (Å²) in [7, 11) is 0. The first-order valence-electron chi connectivity index (χ1n) is 36.1. The highest BCUT2D eigenvalue weighted by Crippen LogP contribution is 2.54. The van der Waals surface area contributed by atoms with E-state index < -0.39 is 0 Å². The van der Waals surface area contributed by atoms with Gasteiger partial charge in [-0.3, -0.25) is 0 Å². The third-order valence-electron chi connectivity index (χ3n) is 21.7. The minimum Gasteiger partial charge on any atom is -0.456 e. The topological polar surface area (TPSA) is 48.3 Å². The number of nitriles is 1. The summed E-state index contributed by atoms with van der Waals surface area (Å²) in [5, 5.41) is 14.7. The van der Waals surface area contributed by atoms with Crippen molar-refractivity contribution in [3.63, 3.8) is 0 Å². The highest BCUT2D eigenvalue weighted by molar-refractivity contribution is 7.00. The minimum absolute atomic E-state index is 0.0464. The normalized spacial score (nSPS) is 12.8. The van der Waals surface area contributed by atoms with Crippen LogP contribution in [0.4, 0.5) is 34.1 Å². The van der Waals surface area contributed by atoms with Crippen LogP contribution in [0.2, 0.25) is 0 Å². The van der Waals surface area contributed by atoms with E-state index in [1.165, 1.54) is 38.6 Å². The Morgan fingerprint density at radius 1 is 0.311 bits per heavy atom. The van der Waals surface area contributed by atoms with Crippen molar-refractivity contribution in [3.05, 3.63) is 326 Å². The van der Waals surface area contributed by atoms with E-state index in [2.05, 4.69) is 374 Å². The maximum absolute atomic E-state index is 10.4. The van der Waals surface area contributed by atoms with Crippen LogP contribution in [0, 0.1) is 11.3 Å². The number of nitrogens with zero attached hydrogens (tertiary/aromatic N) is 4. The quantitative estimate of drug-likeness (QED) is 0.135. The number of benzene rings is 14. The lowest BCUT2D eigenvalue weighted by Crippen LogP contribution is -2.61. The molecule has 0 saturated carbocycles. The molecule has 16 aromatic rings. The van der Waals surface area contributed by atoms with Gasteiger partial charge in [0.1, 0.15) is 11.2 Å². The van der Waals surface area contributed by atoms with E-state index in [-0.39, 0.29) is 23.0 Å². The maximum Gasteiger partial charge on any atom is 0.252 e. The summed E-state index contributed by atoms with van der Waals surface area (Å²) in [5.74, 6) is 0. The van der Waals surface area contributed by atoms with Crippen molar-refractivity contribution in [2.75, 3.05) is 9.80 Å². The van der Waals surface area contributed by atoms with E-state index in [0.717, 1.165) is 145 Å². The lowest BCUT2D eigenvalue weighted by molar-refractivity contribution is 0.590. The predicted octanol–water partition coefficient (Wildman–Crippen LogP) is 24.5. The zero-order chi connectivity index (χ0) is 70.2. The van der Waals surface area contributed by atoms with Crippen LogP contribution in [0.25, 0.3) is 116 Å². The molecule has 2 aliphatic heterocycles. The first-order valence-corrected chi connectivity index (χ1v) is 36.1. The molecule has 5 nitrogen and oxygen atoms in total. The van der Waals surface area contributed by atoms with E-state index in [1.54, 1.807) is 0 Å². The molecule has 0 fully saturated rings. The van der Waals surface area contributed by atoms with Crippen molar-refractivity contribution < 1.29 is 4.42 Å². The van der Waals surface area contributed by atoms with Gasteiger partial charge in [-0.05, 0) is 179 Å². The molecule has 0 bridgehead atoms. The summed E-state index contributed by atoms with van der Waals surface area (Å²) in [5.41, 5.74) is 32.5. The van der Waals surface area contributed by atoms with Crippen LogP contribution in [0.3, 0.4) is 0 Å². The fraction of sp³-hybridized carbons (Fsp3) is 0.124. The average molecular weight is 1330 g/mol. The summed E-state index contributed by atoms with van der Waals surface area (Å²) >= 11 is 0. The van der Waals surface area contributed by atoms with Crippen LogP contribution in [-0.2, 0) is 16.2 Å². The average Bonchev–Trinajstić information content (AvgIpc) is 1.28. The Hall–Kier alpha value is -12.2. The van der Waals surface area contributed by atoms with Gasteiger partial charge in [-0.25, -0.2) is 0 Å². The third-order valence-corrected chi connectivity index (χ3v) is 21.7. The smallest absolute Gasteiger partial charge is 0.252 e. The molecule has 14 aromatic carbocycles. The van der Waals surface area contributed by atoms with E-state index in [0.29, 0.717) is 5.56 Å². The predicted molar refractivity (Wildman–Crippen MR) is 436 cm³/mol. The van der Waals surface area contributed by atoms with Crippen LogP contribution < -0.4 is 26.2 Å². The molecule has 0 N–H and O–H groups in total. The first kappa shape index (κ1) is 63.0. The second-order valence-electron chi connectivity index (χ2n) is 31.1. The molecule has 4 heterocycles. The van der Waals surface area contributed by atoms with E-state index in [1.807, 2.05) is 12.1 Å². The van der Waals surface area contributed by atoms with Gasteiger partial charge < -0.3 is 18.8 Å². The van der Waals surface area contributed by atoms with Crippen molar-refractivity contribution in [1.82, 2.24) is 4.57 Å². The Kier molecular flexibility index (Phi) is 14.7. The van der Waals surface area contributed by atoms with Gasteiger partial charge in [0.25, 0.3) is 6.71 Å². The summed E-state index contributed by atoms with van der Waals surface area (Å²) < 4.78 is 9.19. The highest BCUT2D eigenvalue weighted by atomic mass is 16.3. The number of hydrogen-bond acceptors (Lipinski definition) is 4. The monoisotopic (exact) mass is 1320 g/mol. The van der Waals surface area contributed by atoms with Gasteiger partial charge in [-0.1, -0.05) is 281 Å². The van der Waals surface area contributed by atoms with E-state index >= 15 is 0 Å². The molecule has 0 atom stereocenters. The Labute approximate surface area is 603 Å². The second-order valence-corrected chi connectivity index (χ2v) is 31.1.